The number of nitrogens with zero attached hydrogens (tertiary/aromatic N) is 1. The molecule has 1 aromatic rings. The fourth-order valence-corrected chi connectivity index (χ4v) is 4.99. The van der Waals surface area contributed by atoms with Gasteiger partial charge in [0.25, 0.3) is 0 Å². The van der Waals surface area contributed by atoms with E-state index >= 15 is 0 Å². The van der Waals surface area contributed by atoms with E-state index in [1.807, 2.05) is 12.1 Å². The van der Waals surface area contributed by atoms with Crippen LogP contribution in [-0.4, -0.2) is 65.5 Å². The summed E-state index contributed by atoms with van der Waals surface area (Å²) in [6.45, 7) is 7.77. The summed E-state index contributed by atoms with van der Waals surface area (Å²) in [6, 6.07) is 5.86. The lowest BCUT2D eigenvalue weighted by atomic mass is 9.87. The first-order valence-electron chi connectivity index (χ1n) is 12.5. The van der Waals surface area contributed by atoms with E-state index in [4.69, 9.17) is 0 Å². The number of likely N-dealkylation sites (N-methyl/N-ethyl adjacent to an activating group) is 1. The highest BCUT2D eigenvalue weighted by Gasteiger charge is 2.44. The predicted octanol–water partition coefficient (Wildman–Crippen LogP) is 1.53. The van der Waals surface area contributed by atoms with Gasteiger partial charge in [0.15, 0.2) is 0 Å². The third-order valence-corrected chi connectivity index (χ3v) is 7.42. The first kappa shape index (κ1) is 26.2. The van der Waals surface area contributed by atoms with Gasteiger partial charge in [-0.3, -0.25) is 14.4 Å². The summed E-state index contributed by atoms with van der Waals surface area (Å²) in [5.41, 5.74) is 2.41. The van der Waals surface area contributed by atoms with Crippen molar-refractivity contribution in [3.8, 4) is 0 Å². The number of aliphatic hydroxyl groups is 1. The Balaban J connectivity index is 1.80. The van der Waals surface area contributed by atoms with Crippen LogP contribution in [0, 0.1) is 11.8 Å². The van der Waals surface area contributed by atoms with E-state index in [-0.39, 0.29) is 23.8 Å². The highest BCUT2D eigenvalue weighted by molar-refractivity contribution is 5.94. The minimum absolute atomic E-state index is 0.0729. The fourth-order valence-electron chi connectivity index (χ4n) is 4.99. The maximum Gasteiger partial charge on any atom is 0.248 e. The summed E-state index contributed by atoms with van der Waals surface area (Å²) in [4.78, 5) is 41.1. The van der Waals surface area contributed by atoms with Crippen LogP contribution in [-0.2, 0) is 20.8 Å². The van der Waals surface area contributed by atoms with Gasteiger partial charge in [0, 0.05) is 6.54 Å². The monoisotopic (exact) mass is 472 g/mol. The van der Waals surface area contributed by atoms with Crippen LogP contribution in [0.15, 0.2) is 24.3 Å². The number of hydrogen-bond acceptors (Lipinski definition) is 5. The van der Waals surface area contributed by atoms with E-state index in [1.54, 1.807) is 18.9 Å². The van der Waals surface area contributed by atoms with Crippen molar-refractivity contribution >= 4 is 17.7 Å². The molecule has 8 heteroatoms. The topological polar surface area (TPSA) is 111 Å². The number of carbonyl (C=O) groups excluding carboxylic acids is 3. The van der Waals surface area contributed by atoms with Crippen LogP contribution in [0.4, 0.5) is 0 Å². The Morgan fingerprint density at radius 2 is 1.82 bits per heavy atom. The molecule has 0 spiro atoms. The Labute approximate surface area is 202 Å². The molecular weight excluding hydrogens is 432 g/mol. The van der Waals surface area contributed by atoms with Crippen molar-refractivity contribution in [3.05, 3.63) is 35.4 Å². The Morgan fingerprint density at radius 1 is 1.12 bits per heavy atom. The molecule has 8 nitrogen and oxygen atoms in total. The molecule has 34 heavy (non-hydrogen) atoms. The van der Waals surface area contributed by atoms with Gasteiger partial charge in [-0.25, -0.2) is 0 Å². The van der Waals surface area contributed by atoms with Gasteiger partial charge in [-0.15, -0.1) is 0 Å². The summed E-state index contributed by atoms with van der Waals surface area (Å²) in [6.07, 6.45) is 2.35. The molecular formula is C26H40N4O4. The maximum absolute atomic E-state index is 13.6. The van der Waals surface area contributed by atoms with Crippen molar-refractivity contribution in [1.82, 2.24) is 20.9 Å². The van der Waals surface area contributed by atoms with Crippen LogP contribution >= 0.6 is 0 Å². The molecule has 1 aliphatic carbocycles. The summed E-state index contributed by atoms with van der Waals surface area (Å²) in [7, 11) is 1.65. The summed E-state index contributed by atoms with van der Waals surface area (Å²) < 4.78 is 0. The zero-order valence-corrected chi connectivity index (χ0v) is 21.0. The number of carbonyl (C=O) groups is 3. The SMILES string of the molecule is CN[C@@H](C)C(=O)N[C@H](C(=O)N1C[C@@H](C(C)C)C[C@H]1C(=O)N[C@@H]1CCCc2ccccc21)[C@H](C)O. The number of amides is 3. The number of nitrogens with one attached hydrogen (secondary N) is 3. The van der Waals surface area contributed by atoms with Crippen molar-refractivity contribution in [2.75, 3.05) is 13.6 Å². The minimum Gasteiger partial charge on any atom is -0.391 e. The molecule has 0 bridgehead atoms. The standard InChI is InChI=1S/C26H40N4O4/c1-15(2)19-13-22(25(33)28-21-12-8-10-18-9-6-7-11-20(18)21)30(14-19)26(34)23(17(4)31)29-24(32)16(3)27-5/h6-7,9,11,15-17,19,21-23,27,31H,8,10,12-14H2,1-5H3,(H,28,33)(H,29,32)/t16-,17-,19-,21+,22-,23-/m0/s1. The van der Waals surface area contributed by atoms with Crippen molar-refractivity contribution in [2.45, 2.75) is 83.6 Å². The van der Waals surface area contributed by atoms with E-state index in [9.17, 15) is 19.5 Å². The maximum atomic E-state index is 13.6. The summed E-state index contributed by atoms with van der Waals surface area (Å²) in [5, 5.41) is 19.0. The lowest BCUT2D eigenvalue weighted by molar-refractivity contribution is -0.144. The zero-order valence-electron chi connectivity index (χ0n) is 21.0. The molecule has 0 saturated carbocycles. The highest BCUT2D eigenvalue weighted by atomic mass is 16.3. The second-order valence-corrected chi connectivity index (χ2v) is 10.1. The molecule has 0 unspecified atom stereocenters. The molecule has 1 aliphatic heterocycles. The normalized spacial score (nSPS) is 24.8. The molecule has 2 aliphatic rings. The van der Waals surface area contributed by atoms with Gasteiger partial charge in [0.2, 0.25) is 17.7 Å². The zero-order chi connectivity index (χ0) is 25.0. The highest BCUT2D eigenvalue weighted by Crippen LogP contribution is 2.33. The third-order valence-electron chi connectivity index (χ3n) is 7.42. The molecule has 0 aromatic heterocycles. The van der Waals surface area contributed by atoms with Crippen molar-refractivity contribution in [2.24, 2.45) is 11.8 Å². The molecule has 3 amide bonds. The van der Waals surface area contributed by atoms with Crippen molar-refractivity contribution in [1.29, 1.82) is 0 Å². The van der Waals surface area contributed by atoms with E-state index in [2.05, 4.69) is 41.9 Å². The quantitative estimate of drug-likeness (QED) is 0.459. The molecule has 6 atom stereocenters. The molecule has 188 valence electrons. The molecule has 1 fully saturated rings. The molecule has 0 radical (unpaired) electrons. The van der Waals surface area contributed by atoms with Crippen LogP contribution < -0.4 is 16.0 Å². The van der Waals surface area contributed by atoms with Crippen molar-refractivity contribution in [3.63, 3.8) is 0 Å². The Bertz CT molecular complexity index is 887. The first-order valence-corrected chi connectivity index (χ1v) is 12.5. The molecule has 1 heterocycles. The van der Waals surface area contributed by atoms with E-state index in [1.165, 1.54) is 12.5 Å². The largest absolute Gasteiger partial charge is 0.391 e. The lowest BCUT2D eigenvalue weighted by Gasteiger charge is -2.32. The number of aryl methyl sites for hydroxylation is 1. The second-order valence-electron chi connectivity index (χ2n) is 10.1. The fraction of sp³-hybridized carbons (Fsp3) is 0.654. The number of aliphatic hydroxyl groups excluding tert-OH is 1. The Hall–Kier alpha value is -2.45. The lowest BCUT2D eigenvalue weighted by Crippen LogP contribution is -2.59. The average molecular weight is 473 g/mol. The number of fused-ring (bicyclic) bond motifs is 1. The summed E-state index contributed by atoms with van der Waals surface area (Å²) >= 11 is 0. The number of benzene rings is 1. The molecule has 1 aromatic carbocycles. The van der Waals surface area contributed by atoms with Crippen LogP contribution in [0.25, 0.3) is 0 Å². The number of likely N-dealkylation sites (tertiary alicyclic amines) is 1. The van der Waals surface area contributed by atoms with Crippen LogP contribution in [0.2, 0.25) is 0 Å². The van der Waals surface area contributed by atoms with Crippen LogP contribution in [0.3, 0.4) is 0 Å². The first-order chi connectivity index (χ1) is 16.1. The van der Waals surface area contributed by atoms with Gasteiger partial charge < -0.3 is 26.0 Å². The predicted molar refractivity (Wildman–Crippen MR) is 131 cm³/mol. The van der Waals surface area contributed by atoms with Gasteiger partial charge in [0.1, 0.15) is 12.1 Å². The molecule has 4 N–H and O–H groups in total. The number of hydrogen-bond donors (Lipinski definition) is 4. The van der Waals surface area contributed by atoms with E-state index in [0.29, 0.717) is 18.9 Å². The third kappa shape index (κ3) is 5.78. The van der Waals surface area contributed by atoms with Crippen LogP contribution in [0.5, 0.6) is 0 Å². The van der Waals surface area contributed by atoms with E-state index < -0.39 is 30.1 Å². The van der Waals surface area contributed by atoms with Crippen molar-refractivity contribution < 1.29 is 19.5 Å². The van der Waals surface area contributed by atoms with Gasteiger partial charge in [-0.05, 0) is 69.5 Å². The van der Waals surface area contributed by atoms with Gasteiger partial charge in [0.05, 0.1) is 18.2 Å². The Morgan fingerprint density at radius 3 is 2.47 bits per heavy atom. The van der Waals surface area contributed by atoms with Crippen LogP contribution in [0.1, 0.15) is 64.1 Å². The Kier molecular flexibility index (Phi) is 8.71. The smallest absolute Gasteiger partial charge is 0.248 e. The van der Waals surface area contributed by atoms with Gasteiger partial charge in [-0.1, -0.05) is 38.1 Å². The minimum atomic E-state index is -1.11. The van der Waals surface area contributed by atoms with Gasteiger partial charge in [-0.2, -0.15) is 0 Å². The summed E-state index contributed by atoms with van der Waals surface area (Å²) in [5.74, 6) is -0.495. The molecule has 3 rings (SSSR count). The molecule has 1 saturated heterocycles. The average Bonchev–Trinajstić information content (AvgIpc) is 3.27. The number of rotatable bonds is 8. The van der Waals surface area contributed by atoms with Gasteiger partial charge >= 0.3 is 0 Å². The second kappa shape index (κ2) is 11.3. The van der Waals surface area contributed by atoms with E-state index in [0.717, 1.165) is 24.8 Å².